The van der Waals surface area contributed by atoms with Gasteiger partial charge in [-0.3, -0.25) is 4.79 Å². The van der Waals surface area contributed by atoms with Crippen molar-refractivity contribution in [3.05, 3.63) is 29.8 Å². The summed E-state index contributed by atoms with van der Waals surface area (Å²) in [6.07, 6.45) is 1.75. The SMILES string of the molecule is COc1ccccc1CN(C)C(=O)N(CC(=O)O)C1CC1. The summed E-state index contributed by atoms with van der Waals surface area (Å²) in [6, 6.07) is 7.28. The summed E-state index contributed by atoms with van der Waals surface area (Å²) in [5, 5.41) is 8.93. The molecule has 1 saturated carbocycles. The Morgan fingerprint density at radius 1 is 1.33 bits per heavy atom. The molecule has 1 N–H and O–H groups in total. The topological polar surface area (TPSA) is 70.1 Å². The van der Waals surface area contributed by atoms with Gasteiger partial charge in [-0.25, -0.2) is 4.79 Å². The molecule has 0 aliphatic heterocycles. The number of hydrogen-bond donors (Lipinski definition) is 1. The van der Waals surface area contributed by atoms with Crippen LogP contribution in [0.25, 0.3) is 0 Å². The Morgan fingerprint density at radius 3 is 2.57 bits per heavy atom. The lowest BCUT2D eigenvalue weighted by Crippen LogP contribution is -2.44. The predicted molar refractivity (Wildman–Crippen MR) is 77.2 cm³/mol. The molecule has 0 bridgehead atoms. The van der Waals surface area contributed by atoms with Crippen molar-refractivity contribution < 1.29 is 19.4 Å². The number of para-hydroxylation sites is 1. The largest absolute Gasteiger partial charge is 0.496 e. The number of carboxylic acid groups (broad SMARTS) is 1. The van der Waals surface area contributed by atoms with E-state index in [2.05, 4.69) is 0 Å². The minimum atomic E-state index is -0.985. The molecule has 2 amide bonds. The molecule has 21 heavy (non-hydrogen) atoms. The number of carbonyl (C=O) groups excluding carboxylic acids is 1. The molecule has 1 aromatic carbocycles. The van der Waals surface area contributed by atoms with E-state index in [0.29, 0.717) is 12.3 Å². The molecule has 1 fully saturated rings. The second-order valence-electron chi connectivity index (χ2n) is 5.20. The van der Waals surface area contributed by atoms with Crippen LogP contribution in [0.2, 0.25) is 0 Å². The van der Waals surface area contributed by atoms with Gasteiger partial charge < -0.3 is 19.6 Å². The number of carbonyl (C=O) groups is 2. The fourth-order valence-corrected chi connectivity index (χ4v) is 2.26. The third-order valence-electron chi connectivity index (χ3n) is 3.47. The van der Waals surface area contributed by atoms with E-state index < -0.39 is 5.97 Å². The van der Waals surface area contributed by atoms with Crippen LogP contribution in [0.5, 0.6) is 5.75 Å². The first-order valence-electron chi connectivity index (χ1n) is 6.88. The molecule has 114 valence electrons. The molecule has 6 nitrogen and oxygen atoms in total. The highest BCUT2D eigenvalue weighted by molar-refractivity contribution is 5.80. The van der Waals surface area contributed by atoms with E-state index in [9.17, 15) is 9.59 Å². The monoisotopic (exact) mass is 292 g/mol. The average molecular weight is 292 g/mol. The number of hydrogen-bond acceptors (Lipinski definition) is 3. The maximum absolute atomic E-state index is 12.4. The predicted octanol–water partition coefficient (Wildman–Crippen LogP) is 1.80. The lowest BCUT2D eigenvalue weighted by molar-refractivity contribution is -0.137. The molecule has 1 aromatic rings. The van der Waals surface area contributed by atoms with Crippen LogP contribution in [0.15, 0.2) is 24.3 Å². The zero-order chi connectivity index (χ0) is 15.4. The number of rotatable bonds is 6. The van der Waals surface area contributed by atoms with Gasteiger partial charge in [0.05, 0.1) is 13.7 Å². The van der Waals surface area contributed by atoms with E-state index in [1.165, 1.54) is 9.80 Å². The Hall–Kier alpha value is -2.24. The molecule has 0 saturated heterocycles. The number of carboxylic acids is 1. The quantitative estimate of drug-likeness (QED) is 0.868. The number of benzene rings is 1. The molecule has 1 aliphatic rings. The minimum Gasteiger partial charge on any atom is -0.496 e. The fourth-order valence-electron chi connectivity index (χ4n) is 2.26. The van der Waals surface area contributed by atoms with Crippen molar-refractivity contribution in [1.29, 1.82) is 0 Å². The molecule has 0 radical (unpaired) electrons. The molecular weight excluding hydrogens is 272 g/mol. The van der Waals surface area contributed by atoms with Gasteiger partial charge in [-0.15, -0.1) is 0 Å². The molecule has 1 aliphatic carbocycles. The number of amides is 2. The van der Waals surface area contributed by atoms with Crippen molar-refractivity contribution in [3.8, 4) is 5.75 Å². The first kappa shape index (κ1) is 15.2. The van der Waals surface area contributed by atoms with Crippen LogP contribution in [-0.2, 0) is 11.3 Å². The molecule has 6 heteroatoms. The molecule has 0 aromatic heterocycles. The first-order chi connectivity index (χ1) is 10.0. The van der Waals surface area contributed by atoms with Gasteiger partial charge in [0.25, 0.3) is 0 Å². The van der Waals surface area contributed by atoms with Crippen LogP contribution < -0.4 is 4.74 Å². The van der Waals surface area contributed by atoms with Gasteiger partial charge in [-0.2, -0.15) is 0 Å². The van der Waals surface area contributed by atoms with Gasteiger partial charge in [0.15, 0.2) is 0 Å². The lowest BCUT2D eigenvalue weighted by atomic mass is 10.2. The Bertz CT molecular complexity index is 528. The van der Waals surface area contributed by atoms with E-state index in [1.807, 2.05) is 24.3 Å². The van der Waals surface area contributed by atoms with E-state index in [0.717, 1.165) is 18.4 Å². The minimum absolute atomic E-state index is 0.0636. The Kier molecular flexibility index (Phi) is 4.67. The third kappa shape index (κ3) is 3.87. The van der Waals surface area contributed by atoms with Gasteiger partial charge in [0, 0.05) is 18.7 Å². The zero-order valence-electron chi connectivity index (χ0n) is 12.3. The maximum Gasteiger partial charge on any atom is 0.323 e. The number of aliphatic carboxylic acids is 1. The number of urea groups is 1. The summed E-state index contributed by atoms with van der Waals surface area (Å²) in [5.41, 5.74) is 0.891. The van der Waals surface area contributed by atoms with Crippen molar-refractivity contribution >= 4 is 12.0 Å². The van der Waals surface area contributed by atoms with Crippen molar-refractivity contribution in [2.75, 3.05) is 20.7 Å². The third-order valence-corrected chi connectivity index (χ3v) is 3.47. The lowest BCUT2D eigenvalue weighted by Gasteiger charge is -2.27. The molecule has 0 spiro atoms. The van der Waals surface area contributed by atoms with E-state index in [1.54, 1.807) is 14.2 Å². The standard InChI is InChI=1S/C15H20N2O4/c1-16(9-11-5-3-4-6-13(11)21-2)15(20)17(10-14(18)19)12-7-8-12/h3-6,12H,7-10H2,1-2H3,(H,18,19). The Morgan fingerprint density at radius 2 is 2.00 bits per heavy atom. The van der Waals surface area contributed by atoms with E-state index >= 15 is 0 Å². The van der Waals surface area contributed by atoms with Crippen LogP contribution in [0.3, 0.4) is 0 Å². The van der Waals surface area contributed by atoms with Crippen molar-refractivity contribution in [3.63, 3.8) is 0 Å². The summed E-state index contributed by atoms with van der Waals surface area (Å²) in [6.45, 7) is 0.130. The molecule has 0 atom stereocenters. The highest BCUT2D eigenvalue weighted by atomic mass is 16.5. The first-order valence-corrected chi connectivity index (χ1v) is 6.88. The summed E-state index contributed by atoms with van der Waals surface area (Å²) in [4.78, 5) is 26.3. The van der Waals surface area contributed by atoms with Crippen molar-refractivity contribution in [2.45, 2.75) is 25.4 Å². The molecule has 2 rings (SSSR count). The van der Waals surface area contributed by atoms with Crippen molar-refractivity contribution in [1.82, 2.24) is 9.80 Å². The Balaban J connectivity index is 2.05. The van der Waals surface area contributed by atoms with Gasteiger partial charge in [-0.1, -0.05) is 18.2 Å². The summed E-state index contributed by atoms with van der Waals surface area (Å²) in [5.74, 6) is -0.269. The van der Waals surface area contributed by atoms with Crippen LogP contribution in [0.1, 0.15) is 18.4 Å². The summed E-state index contributed by atoms with van der Waals surface area (Å²) >= 11 is 0. The smallest absolute Gasteiger partial charge is 0.323 e. The highest BCUT2D eigenvalue weighted by Gasteiger charge is 2.35. The average Bonchev–Trinajstić information content (AvgIpc) is 3.29. The highest BCUT2D eigenvalue weighted by Crippen LogP contribution is 2.28. The molecule has 0 heterocycles. The van der Waals surface area contributed by atoms with Gasteiger partial charge in [-0.05, 0) is 18.9 Å². The zero-order valence-corrected chi connectivity index (χ0v) is 12.3. The second kappa shape index (κ2) is 6.47. The van der Waals surface area contributed by atoms with Crippen LogP contribution >= 0.6 is 0 Å². The number of ether oxygens (including phenoxy) is 1. The maximum atomic E-state index is 12.4. The van der Waals surface area contributed by atoms with Crippen LogP contribution in [0, 0.1) is 0 Å². The van der Waals surface area contributed by atoms with E-state index in [4.69, 9.17) is 9.84 Å². The fraction of sp³-hybridized carbons (Fsp3) is 0.467. The van der Waals surface area contributed by atoms with Gasteiger partial charge in [0.1, 0.15) is 12.3 Å². The molecule has 0 unspecified atom stereocenters. The second-order valence-corrected chi connectivity index (χ2v) is 5.20. The van der Waals surface area contributed by atoms with Crippen LogP contribution in [0.4, 0.5) is 4.79 Å². The normalized spacial score (nSPS) is 13.6. The summed E-state index contributed by atoms with van der Waals surface area (Å²) in [7, 11) is 3.26. The number of methoxy groups -OCH3 is 1. The van der Waals surface area contributed by atoms with Gasteiger partial charge >= 0.3 is 12.0 Å². The van der Waals surface area contributed by atoms with E-state index in [-0.39, 0.29) is 18.6 Å². The molecular formula is C15H20N2O4. The number of nitrogens with zero attached hydrogens (tertiary/aromatic N) is 2. The van der Waals surface area contributed by atoms with Gasteiger partial charge in [0.2, 0.25) is 0 Å². The van der Waals surface area contributed by atoms with Crippen LogP contribution in [-0.4, -0.2) is 53.7 Å². The summed E-state index contributed by atoms with van der Waals surface area (Å²) < 4.78 is 5.27. The Labute approximate surface area is 123 Å². The van der Waals surface area contributed by atoms with Crippen molar-refractivity contribution in [2.24, 2.45) is 0 Å².